The lowest BCUT2D eigenvalue weighted by Gasteiger charge is -2.35. The number of piperidine rings is 1. The highest BCUT2D eigenvalue weighted by atomic mass is 16.5. The van der Waals surface area contributed by atoms with Gasteiger partial charge in [-0.15, -0.1) is 0 Å². The van der Waals surface area contributed by atoms with Crippen LogP contribution in [-0.4, -0.2) is 39.9 Å². The van der Waals surface area contributed by atoms with Gasteiger partial charge in [-0.2, -0.15) is 4.98 Å². The van der Waals surface area contributed by atoms with Crippen LogP contribution in [0.4, 0.5) is 0 Å². The van der Waals surface area contributed by atoms with Gasteiger partial charge in [0.1, 0.15) is 5.54 Å². The molecule has 2 aromatic heterocycles. The van der Waals surface area contributed by atoms with Gasteiger partial charge >= 0.3 is 0 Å². The van der Waals surface area contributed by atoms with E-state index in [2.05, 4.69) is 15.5 Å². The van der Waals surface area contributed by atoms with Crippen LogP contribution in [0.3, 0.4) is 0 Å². The molecule has 8 heteroatoms. The maximum Gasteiger partial charge on any atom is 0.289 e. The summed E-state index contributed by atoms with van der Waals surface area (Å²) in [7, 11) is 0. The first-order valence-corrected chi connectivity index (χ1v) is 10.5. The molecule has 1 aliphatic heterocycles. The summed E-state index contributed by atoms with van der Waals surface area (Å²) >= 11 is 0. The highest BCUT2D eigenvalue weighted by Gasteiger charge is 2.40. The molecule has 156 valence electrons. The van der Waals surface area contributed by atoms with E-state index in [0.717, 1.165) is 38.5 Å². The molecular weight excluding hydrogens is 372 g/mol. The van der Waals surface area contributed by atoms with E-state index in [1.807, 2.05) is 0 Å². The van der Waals surface area contributed by atoms with E-state index < -0.39 is 5.54 Å². The molecule has 2 amide bonds. The van der Waals surface area contributed by atoms with Crippen molar-refractivity contribution in [3.63, 3.8) is 0 Å². The monoisotopic (exact) mass is 400 g/mol. The number of rotatable bonds is 4. The van der Waals surface area contributed by atoms with Gasteiger partial charge in [0.05, 0.1) is 6.26 Å². The van der Waals surface area contributed by atoms with Crippen molar-refractivity contribution in [2.75, 3.05) is 13.1 Å². The molecule has 0 spiro atoms. The Balaban J connectivity index is 1.41. The molecule has 1 saturated carbocycles. The Labute approximate surface area is 170 Å². The molecule has 0 atom stereocenters. The van der Waals surface area contributed by atoms with Gasteiger partial charge < -0.3 is 19.2 Å². The van der Waals surface area contributed by atoms with Crippen molar-refractivity contribution in [1.29, 1.82) is 0 Å². The summed E-state index contributed by atoms with van der Waals surface area (Å²) in [6.07, 6.45) is 8.80. The molecule has 1 N–H and O–H groups in total. The minimum Gasteiger partial charge on any atom is -0.459 e. The summed E-state index contributed by atoms with van der Waals surface area (Å²) in [5.74, 6) is 1.25. The average Bonchev–Trinajstić information content (AvgIpc) is 3.37. The van der Waals surface area contributed by atoms with Crippen LogP contribution in [0, 0.1) is 12.8 Å². The third-order valence-corrected chi connectivity index (χ3v) is 6.16. The fourth-order valence-corrected chi connectivity index (χ4v) is 4.47. The third-order valence-electron chi connectivity index (χ3n) is 6.16. The second-order valence-corrected chi connectivity index (χ2v) is 8.17. The molecule has 0 unspecified atom stereocenters. The summed E-state index contributed by atoms with van der Waals surface area (Å²) in [4.78, 5) is 31.8. The van der Waals surface area contributed by atoms with Gasteiger partial charge in [-0.1, -0.05) is 30.8 Å². The lowest BCUT2D eigenvalue weighted by Crippen LogP contribution is -2.51. The van der Waals surface area contributed by atoms with Crippen molar-refractivity contribution >= 4 is 11.8 Å². The van der Waals surface area contributed by atoms with Crippen LogP contribution < -0.4 is 5.32 Å². The number of hydrogen-bond donors (Lipinski definition) is 1. The van der Waals surface area contributed by atoms with Gasteiger partial charge in [0.25, 0.3) is 5.91 Å². The van der Waals surface area contributed by atoms with Gasteiger partial charge in [0.15, 0.2) is 11.6 Å². The summed E-state index contributed by atoms with van der Waals surface area (Å²) in [5.41, 5.74) is -0.549. The van der Waals surface area contributed by atoms with Gasteiger partial charge in [-0.3, -0.25) is 9.59 Å². The fourth-order valence-electron chi connectivity index (χ4n) is 4.47. The predicted octanol–water partition coefficient (Wildman–Crippen LogP) is 3.19. The maximum atomic E-state index is 13.1. The Morgan fingerprint density at radius 2 is 1.90 bits per heavy atom. The number of likely N-dealkylation sites (tertiary alicyclic amines) is 1. The zero-order valence-electron chi connectivity index (χ0n) is 16.9. The molecule has 2 fully saturated rings. The Morgan fingerprint density at radius 3 is 2.48 bits per heavy atom. The Hall–Kier alpha value is -2.64. The van der Waals surface area contributed by atoms with E-state index in [1.54, 1.807) is 24.0 Å². The standard InChI is InChI=1S/C21H28N4O4/c1-15-22-20(24-29-15)21(10-4-2-3-5-11-21)23-18(26)16-8-12-25(13-9-16)19(27)17-7-6-14-28-17/h6-7,14,16H,2-5,8-13H2,1H3,(H,23,26). The number of aromatic nitrogens is 2. The fraction of sp³-hybridized carbons (Fsp3) is 0.619. The first kappa shape index (κ1) is 19.7. The Morgan fingerprint density at radius 1 is 1.17 bits per heavy atom. The second-order valence-electron chi connectivity index (χ2n) is 8.17. The highest BCUT2D eigenvalue weighted by Crippen LogP contribution is 2.35. The molecule has 0 radical (unpaired) electrons. The summed E-state index contributed by atoms with van der Waals surface area (Å²) in [6.45, 7) is 2.87. The zero-order valence-corrected chi connectivity index (χ0v) is 16.9. The molecule has 29 heavy (non-hydrogen) atoms. The molecular formula is C21H28N4O4. The van der Waals surface area contributed by atoms with Crippen LogP contribution in [-0.2, 0) is 10.3 Å². The second kappa shape index (κ2) is 8.39. The predicted molar refractivity (Wildman–Crippen MR) is 104 cm³/mol. The lowest BCUT2D eigenvalue weighted by molar-refractivity contribution is -0.128. The number of furan rings is 1. The SMILES string of the molecule is Cc1nc(C2(NC(=O)C3CCN(C(=O)c4ccco4)CC3)CCCCCC2)no1. The van der Waals surface area contributed by atoms with Gasteiger partial charge in [0, 0.05) is 25.9 Å². The van der Waals surface area contributed by atoms with Crippen LogP contribution in [0.2, 0.25) is 0 Å². The average molecular weight is 400 g/mol. The Kier molecular flexibility index (Phi) is 5.69. The largest absolute Gasteiger partial charge is 0.459 e. The van der Waals surface area contributed by atoms with E-state index in [0.29, 0.717) is 43.4 Å². The van der Waals surface area contributed by atoms with Crippen molar-refractivity contribution in [1.82, 2.24) is 20.4 Å². The number of hydrogen-bond acceptors (Lipinski definition) is 6. The number of carbonyl (C=O) groups is 2. The van der Waals surface area contributed by atoms with E-state index in [9.17, 15) is 9.59 Å². The van der Waals surface area contributed by atoms with E-state index in [-0.39, 0.29) is 17.7 Å². The van der Waals surface area contributed by atoms with Crippen molar-refractivity contribution in [3.05, 3.63) is 35.9 Å². The molecule has 8 nitrogen and oxygen atoms in total. The number of nitrogens with zero attached hydrogens (tertiary/aromatic N) is 3. The number of aryl methyl sites for hydroxylation is 1. The van der Waals surface area contributed by atoms with Crippen LogP contribution in [0.15, 0.2) is 27.3 Å². The number of amides is 2. The van der Waals surface area contributed by atoms with Crippen molar-refractivity contribution in [3.8, 4) is 0 Å². The van der Waals surface area contributed by atoms with Crippen molar-refractivity contribution < 1.29 is 18.5 Å². The summed E-state index contributed by atoms with van der Waals surface area (Å²) in [6, 6.07) is 3.38. The summed E-state index contributed by atoms with van der Waals surface area (Å²) in [5, 5.41) is 7.45. The topological polar surface area (TPSA) is 101 Å². The zero-order chi connectivity index (χ0) is 20.3. The minimum atomic E-state index is -0.549. The van der Waals surface area contributed by atoms with Crippen LogP contribution >= 0.6 is 0 Å². The molecule has 1 aliphatic carbocycles. The normalized spacial score (nSPS) is 20.2. The molecule has 4 rings (SSSR count). The third kappa shape index (κ3) is 4.21. The van der Waals surface area contributed by atoms with Crippen LogP contribution in [0.1, 0.15) is 73.6 Å². The van der Waals surface area contributed by atoms with Gasteiger partial charge in [-0.05, 0) is 37.8 Å². The molecule has 2 aliphatic rings. The molecule has 2 aromatic rings. The van der Waals surface area contributed by atoms with Crippen molar-refractivity contribution in [2.24, 2.45) is 5.92 Å². The van der Waals surface area contributed by atoms with E-state index >= 15 is 0 Å². The number of carbonyl (C=O) groups excluding carboxylic acids is 2. The van der Waals surface area contributed by atoms with Gasteiger partial charge in [-0.25, -0.2) is 0 Å². The van der Waals surface area contributed by atoms with Crippen molar-refractivity contribution in [2.45, 2.75) is 63.8 Å². The lowest BCUT2D eigenvalue weighted by atomic mass is 9.87. The molecule has 0 bridgehead atoms. The van der Waals surface area contributed by atoms with Crippen LogP contribution in [0.5, 0.6) is 0 Å². The quantitative estimate of drug-likeness (QED) is 0.791. The smallest absolute Gasteiger partial charge is 0.289 e. The first-order valence-electron chi connectivity index (χ1n) is 10.5. The molecule has 3 heterocycles. The van der Waals surface area contributed by atoms with E-state index in [4.69, 9.17) is 8.94 Å². The molecule has 1 saturated heterocycles. The van der Waals surface area contributed by atoms with Gasteiger partial charge in [0.2, 0.25) is 11.8 Å². The Bertz CT molecular complexity index is 829. The summed E-state index contributed by atoms with van der Waals surface area (Å²) < 4.78 is 10.4. The van der Waals surface area contributed by atoms with E-state index in [1.165, 1.54) is 6.26 Å². The first-order chi connectivity index (χ1) is 14.1. The maximum absolute atomic E-state index is 13.1. The minimum absolute atomic E-state index is 0.0273. The van der Waals surface area contributed by atoms with Crippen LogP contribution in [0.25, 0.3) is 0 Å². The highest BCUT2D eigenvalue weighted by molar-refractivity contribution is 5.91. The molecule has 0 aromatic carbocycles. The number of nitrogens with one attached hydrogen (secondary N) is 1.